The fraction of sp³-hybridized carbons (Fsp3) is 0.438. The standard InChI is InChI=1S/C16H21N3O3S/c1-22-10-11-23(20,21)18-15-8-3-2-7-14(15)16-17-12-13-6-4-5-9-19(13)16/h2-3,7-8,12,18H,4-6,9-11H2,1H3. The molecule has 6 nitrogen and oxygen atoms in total. The van der Waals surface area contributed by atoms with Crippen LogP contribution in [-0.2, 0) is 27.7 Å². The second kappa shape index (κ2) is 6.72. The van der Waals surface area contributed by atoms with E-state index in [-0.39, 0.29) is 12.4 Å². The smallest absolute Gasteiger partial charge is 0.235 e. The summed E-state index contributed by atoms with van der Waals surface area (Å²) in [6, 6.07) is 7.38. The number of nitrogens with one attached hydrogen (secondary N) is 1. The number of fused-ring (bicyclic) bond motifs is 1. The summed E-state index contributed by atoms with van der Waals surface area (Å²) in [5.41, 5.74) is 2.58. The third kappa shape index (κ3) is 3.56. The first-order valence-electron chi connectivity index (χ1n) is 7.74. The first-order chi connectivity index (χ1) is 11.1. The molecule has 0 fully saturated rings. The van der Waals surface area contributed by atoms with Crippen LogP contribution in [0.25, 0.3) is 11.4 Å². The zero-order valence-electron chi connectivity index (χ0n) is 13.2. The summed E-state index contributed by atoms with van der Waals surface area (Å²) in [6.45, 7) is 1.09. The minimum Gasteiger partial charge on any atom is -0.384 e. The van der Waals surface area contributed by atoms with Crippen molar-refractivity contribution in [1.29, 1.82) is 0 Å². The van der Waals surface area contributed by atoms with Crippen molar-refractivity contribution in [1.82, 2.24) is 9.55 Å². The monoisotopic (exact) mass is 335 g/mol. The van der Waals surface area contributed by atoms with E-state index in [9.17, 15) is 8.42 Å². The molecule has 0 saturated carbocycles. The highest BCUT2D eigenvalue weighted by atomic mass is 32.2. The van der Waals surface area contributed by atoms with E-state index in [4.69, 9.17) is 4.74 Å². The van der Waals surface area contributed by atoms with Gasteiger partial charge in [0.05, 0.1) is 18.0 Å². The predicted molar refractivity (Wildman–Crippen MR) is 89.9 cm³/mol. The third-order valence-electron chi connectivity index (χ3n) is 3.99. The van der Waals surface area contributed by atoms with Crippen molar-refractivity contribution in [2.75, 3.05) is 24.2 Å². The molecule has 0 aliphatic carbocycles. The average molecular weight is 335 g/mol. The van der Waals surface area contributed by atoms with Gasteiger partial charge in [0.25, 0.3) is 0 Å². The van der Waals surface area contributed by atoms with Gasteiger partial charge in [-0.25, -0.2) is 13.4 Å². The number of sulfonamides is 1. The van der Waals surface area contributed by atoms with Crippen molar-refractivity contribution in [2.45, 2.75) is 25.8 Å². The number of hydrogen-bond donors (Lipinski definition) is 1. The van der Waals surface area contributed by atoms with E-state index in [1.54, 1.807) is 6.07 Å². The highest BCUT2D eigenvalue weighted by molar-refractivity contribution is 7.92. The van der Waals surface area contributed by atoms with Crippen LogP contribution in [0, 0.1) is 0 Å². The second-order valence-corrected chi connectivity index (χ2v) is 7.48. The largest absolute Gasteiger partial charge is 0.384 e. The van der Waals surface area contributed by atoms with E-state index in [0.29, 0.717) is 5.69 Å². The maximum Gasteiger partial charge on any atom is 0.235 e. The highest BCUT2D eigenvalue weighted by Crippen LogP contribution is 2.30. The summed E-state index contributed by atoms with van der Waals surface area (Å²) in [4.78, 5) is 4.52. The number of aryl methyl sites for hydroxylation is 1. The number of nitrogens with zero attached hydrogens (tertiary/aromatic N) is 2. The van der Waals surface area contributed by atoms with Crippen LogP contribution in [0.5, 0.6) is 0 Å². The normalized spacial score (nSPS) is 14.5. The average Bonchev–Trinajstić information content (AvgIpc) is 2.97. The molecule has 1 N–H and O–H groups in total. The minimum atomic E-state index is -3.44. The number of para-hydroxylation sites is 1. The van der Waals surface area contributed by atoms with Crippen LogP contribution in [-0.4, -0.2) is 37.4 Å². The van der Waals surface area contributed by atoms with Gasteiger partial charge in [-0.2, -0.15) is 0 Å². The number of hydrogen-bond acceptors (Lipinski definition) is 4. The Balaban J connectivity index is 1.94. The van der Waals surface area contributed by atoms with Crippen molar-refractivity contribution in [3.63, 3.8) is 0 Å². The van der Waals surface area contributed by atoms with E-state index in [1.807, 2.05) is 24.4 Å². The predicted octanol–water partition coefficient (Wildman–Crippen LogP) is 2.27. The fourth-order valence-corrected chi connectivity index (χ4v) is 3.83. The van der Waals surface area contributed by atoms with Gasteiger partial charge in [0.15, 0.2) is 0 Å². The number of rotatable bonds is 6. The Kier molecular flexibility index (Phi) is 4.68. The van der Waals surface area contributed by atoms with Crippen LogP contribution >= 0.6 is 0 Å². The number of methoxy groups -OCH3 is 1. The quantitative estimate of drug-likeness (QED) is 0.879. The van der Waals surface area contributed by atoms with Crippen LogP contribution in [0.4, 0.5) is 5.69 Å². The van der Waals surface area contributed by atoms with E-state index in [0.717, 1.165) is 30.8 Å². The lowest BCUT2D eigenvalue weighted by atomic mass is 10.1. The fourth-order valence-electron chi connectivity index (χ4n) is 2.83. The molecular weight excluding hydrogens is 314 g/mol. The Hall–Kier alpha value is -1.86. The van der Waals surface area contributed by atoms with E-state index in [1.165, 1.54) is 19.2 Å². The number of benzene rings is 1. The summed E-state index contributed by atoms with van der Waals surface area (Å²) in [6.07, 6.45) is 5.22. The van der Waals surface area contributed by atoms with Crippen molar-refractivity contribution < 1.29 is 13.2 Å². The topological polar surface area (TPSA) is 73.2 Å². The molecule has 0 bridgehead atoms. The Labute approximate surface area is 136 Å². The number of aromatic nitrogens is 2. The molecule has 0 unspecified atom stereocenters. The Morgan fingerprint density at radius 2 is 2.13 bits per heavy atom. The molecule has 1 aliphatic heterocycles. The van der Waals surface area contributed by atoms with Gasteiger partial charge in [0.2, 0.25) is 10.0 Å². The molecule has 1 aliphatic rings. The molecule has 2 aromatic rings. The Bertz CT molecular complexity index is 784. The summed E-state index contributed by atoms with van der Waals surface area (Å²) >= 11 is 0. The van der Waals surface area contributed by atoms with Gasteiger partial charge >= 0.3 is 0 Å². The van der Waals surface area contributed by atoms with Gasteiger partial charge in [-0.15, -0.1) is 0 Å². The van der Waals surface area contributed by atoms with Gasteiger partial charge in [0, 0.05) is 31.1 Å². The van der Waals surface area contributed by atoms with Crippen molar-refractivity contribution in [3.05, 3.63) is 36.2 Å². The molecule has 0 radical (unpaired) electrons. The molecule has 0 saturated heterocycles. The molecule has 124 valence electrons. The lowest BCUT2D eigenvalue weighted by Crippen LogP contribution is -2.20. The molecule has 3 rings (SSSR count). The van der Waals surface area contributed by atoms with Crippen LogP contribution < -0.4 is 4.72 Å². The molecule has 2 heterocycles. The zero-order chi connectivity index (χ0) is 16.3. The number of imidazole rings is 1. The summed E-state index contributed by atoms with van der Waals surface area (Å²) in [7, 11) is -1.96. The number of ether oxygens (including phenoxy) is 1. The van der Waals surface area contributed by atoms with Crippen molar-refractivity contribution >= 4 is 15.7 Å². The van der Waals surface area contributed by atoms with Crippen molar-refractivity contribution in [2.24, 2.45) is 0 Å². The minimum absolute atomic E-state index is 0.0719. The number of anilines is 1. The molecule has 0 amide bonds. The van der Waals surface area contributed by atoms with Crippen LogP contribution in [0.3, 0.4) is 0 Å². The first-order valence-corrected chi connectivity index (χ1v) is 9.39. The zero-order valence-corrected chi connectivity index (χ0v) is 14.0. The SMILES string of the molecule is COCCS(=O)(=O)Nc1ccccc1-c1ncc2n1CCCC2. The third-order valence-corrected chi connectivity index (χ3v) is 5.23. The lowest BCUT2D eigenvalue weighted by molar-refractivity contribution is 0.217. The molecule has 1 aromatic carbocycles. The Morgan fingerprint density at radius 3 is 2.96 bits per heavy atom. The van der Waals surface area contributed by atoms with Gasteiger partial charge in [-0.3, -0.25) is 4.72 Å². The molecule has 7 heteroatoms. The van der Waals surface area contributed by atoms with Crippen LogP contribution in [0.1, 0.15) is 18.5 Å². The molecule has 0 atom stereocenters. The summed E-state index contributed by atoms with van der Waals surface area (Å²) < 4.78 is 34.0. The van der Waals surface area contributed by atoms with Crippen LogP contribution in [0.15, 0.2) is 30.5 Å². The first kappa shape index (κ1) is 16.0. The van der Waals surface area contributed by atoms with Gasteiger partial charge < -0.3 is 9.30 Å². The van der Waals surface area contributed by atoms with Crippen LogP contribution in [0.2, 0.25) is 0 Å². The Morgan fingerprint density at radius 1 is 1.30 bits per heavy atom. The van der Waals surface area contributed by atoms with Crippen molar-refractivity contribution in [3.8, 4) is 11.4 Å². The van der Waals surface area contributed by atoms with E-state index < -0.39 is 10.0 Å². The molecule has 1 aromatic heterocycles. The van der Waals surface area contributed by atoms with E-state index in [2.05, 4.69) is 14.3 Å². The lowest BCUT2D eigenvalue weighted by Gasteiger charge is -2.18. The maximum atomic E-state index is 12.2. The molecule has 0 spiro atoms. The van der Waals surface area contributed by atoms with Gasteiger partial charge in [-0.05, 0) is 31.4 Å². The highest BCUT2D eigenvalue weighted by Gasteiger charge is 2.19. The summed E-state index contributed by atoms with van der Waals surface area (Å²) in [5, 5.41) is 0. The second-order valence-electron chi connectivity index (χ2n) is 5.64. The molecular formula is C16H21N3O3S. The van der Waals surface area contributed by atoms with E-state index >= 15 is 0 Å². The van der Waals surface area contributed by atoms with Gasteiger partial charge in [0.1, 0.15) is 5.82 Å². The molecule has 23 heavy (non-hydrogen) atoms. The summed E-state index contributed by atoms with van der Waals surface area (Å²) in [5.74, 6) is 0.752. The maximum absolute atomic E-state index is 12.2. The van der Waals surface area contributed by atoms with Gasteiger partial charge in [-0.1, -0.05) is 12.1 Å².